The second-order valence-electron chi connectivity index (χ2n) is 7.39. The Kier molecular flexibility index (Phi) is 4.84. The van der Waals surface area contributed by atoms with Crippen molar-refractivity contribution in [3.8, 4) is 0 Å². The number of rotatable bonds is 4. The molecule has 2 aromatic rings. The average Bonchev–Trinajstić information content (AvgIpc) is 3.06. The van der Waals surface area contributed by atoms with Crippen LogP contribution in [0, 0.1) is 0 Å². The number of anilines is 1. The zero-order valence-electron chi connectivity index (χ0n) is 15.8. The quantitative estimate of drug-likeness (QED) is 0.883. The number of fused-ring (bicyclic) bond motifs is 1. The van der Waals surface area contributed by atoms with Gasteiger partial charge in [0.1, 0.15) is 0 Å². The fourth-order valence-corrected chi connectivity index (χ4v) is 3.91. The van der Waals surface area contributed by atoms with Gasteiger partial charge in [0.25, 0.3) is 0 Å². The topological polar surface area (TPSA) is 81.9 Å². The third kappa shape index (κ3) is 3.54. The van der Waals surface area contributed by atoms with E-state index in [-0.39, 0.29) is 12.3 Å². The highest BCUT2D eigenvalue weighted by atomic mass is 16.5. The first kappa shape index (κ1) is 17.9. The number of piperazine rings is 1. The first-order valence-electron chi connectivity index (χ1n) is 9.47. The molecule has 3 amide bonds. The number of carbonyl (C=O) groups is 2. The number of nitrogens with one attached hydrogen (secondary N) is 1. The molecule has 3 heterocycles. The lowest BCUT2D eigenvalue weighted by Crippen LogP contribution is -2.50. The highest BCUT2D eigenvalue weighted by Crippen LogP contribution is 2.29. The summed E-state index contributed by atoms with van der Waals surface area (Å²) in [5.41, 5.74) is 1.81. The van der Waals surface area contributed by atoms with Crippen molar-refractivity contribution in [3.05, 3.63) is 23.8 Å². The van der Waals surface area contributed by atoms with Gasteiger partial charge in [-0.05, 0) is 31.2 Å². The van der Waals surface area contributed by atoms with Gasteiger partial charge in [0.05, 0.1) is 5.39 Å². The number of hydrogen-bond donors (Lipinski definition) is 1. The second kappa shape index (κ2) is 7.28. The Hall–Kier alpha value is -2.45. The summed E-state index contributed by atoms with van der Waals surface area (Å²) in [4.78, 5) is 29.9. The first-order valence-corrected chi connectivity index (χ1v) is 9.47. The van der Waals surface area contributed by atoms with Crippen LogP contribution in [0.15, 0.2) is 22.7 Å². The molecule has 1 aromatic carbocycles. The zero-order valence-corrected chi connectivity index (χ0v) is 15.8. The van der Waals surface area contributed by atoms with E-state index in [4.69, 9.17) is 4.52 Å². The number of urea groups is 1. The van der Waals surface area contributed by atoms with Gasteiger partial charge in [0, 0.05) is 45.2 Å². The second-order valence-corrected chi connectivity index (χ2v) is 7.39. The summed E-state index contributed by atoms with van der Waals surface area (Å²) in [6, 6.07) is 6.11. The Bertz CT molecular complexity index is 864. The number of aromatic nitrogens is 1. The van der Waals surface area contributed by atoms with Crippen LogP contribution in [0.1, 0.15) is 25.3 Å². The smallest absolute Gasteiger partial charge is 0.329 e. The summed E-state index contributed by atoms with van der Waals surface area (Å²) in [5, 5.41) is 7.22. The van der Waals surface area contributed by atoms with E-state index in [0.29, 0.717) is 24.0 Å². The lowest BCUT2D eigenvalue weighted by molar-refractivity contribution is -0.120. The van der Waals surface area contributed by atoms with Gasteiger partial charge in [-0.3, -0.25) is 19.9 Å². The Morgan fingerprint density at radius 3 is 2.89 bits per heavy atom. The fraction of sp³-hybridized carbons (Fsp3) is 0.526. The number of amides is 3. The van der Waals surface area contributed by atoms with Gasteiger partial charge in [-0.15, -0.1) is 0 Å². The zero-order chi connectivity index (χ0) is 19.0. The third-order valence-electron chi connectivity index (χ3n) is 5.49. The van der Waals surface area contributed by atoms with Crippen molar-refractivity contribution < 1.29 is 14.1 Å². The maximum Gasteiger partial charge on any atom is 0.329 e. The number of likely N-dealkylation sites (N-methyl/N-ethyl adjacent to an activating group) is 1. The van der Waals surface area contributed by atoms with Gasteiger partial charge >= 0.3 is 6.03 Å². The first-order chi connectivity index (χ1) is 13.0. The molecular formula is C19H25N5O3. The van der Waals surface area contributed by atoms with Crippen LogP contribution in [0.4, 0.5) is 10.6 Å². The molecule has 0 bridgehead atoms. The van der Waals surface area contributed by atoms with Gasteiger partial charge in [0.15, 0.2) is 11.4 Å². The largest absolute Gasteiger partial charge is 0.354 e. The van der Waals surface area contributed by atoms with Crippen molar-refractivity contribution in [1.82, 2.24) is 20.3 Å². The van der Waals surface area contributed by atoms with Gasteiger partial charge < -0.3 is 9.42 Å². The average molecular weight is 371 g/mol. The van der Waals surface area contributed by atoms with E-state index in [2.05, 4.69) is 46.4 Å². The molecule has 2 aliphatic heterocycles. The maximum absolute atomic E-state index is 12.2. The van der Waals surface area contributed by atoms with Crippen LogP contribution in [0.2, 0.25) is 0 Å². The molecular weight excluding hydrogens is 346 g/mol. The van der Waals surface area contributed by atoms with Gasteiger partial charge in [-0.1, -0.05) is 18.1 Å². The van der Waals surface area contributed by atoms with Crippen molar-refractivity contribution in [2.75, 3.05) is 38.1 Å². The van der Waals surface area contributed by atoms with Crippen LogP contribution in [0.25, 0.3) is 11.0 Å². The van der Waals surface area contributed by atoms with Crippen LogP contribution in [0.5, 0.6) is 0 Å². The Labute approximate surface area is 158 Å². The minimum Gasteiger partial charge on any atom is -0.354 e. The van der Waals surface area contributed by atoms with Crippen molar-refractivity contribution in [2.24, 2.45) is 0 Å². The standard InChI is InChI=1S/C19H25N5O3/c1-3-14-12-22(2)8-9-23(14)11-13-4-5-16-15(10-13)18(21-27-16)24-7-6-17(25)20-19(24)26/h4-5,10,14H,3,6-9,11-12H2,1-2H3,(H,20,25,26)/t14-/m1/s1. The summed E-state index contributed by atoms with van der Waals surface area (Å²) in [7, 11) is 2.17. The maximum atomic E-state index is 12.2. The fourth-order valence-electron chi connectivity index (χ4n) is 3.91. The Morgan fingerprint density at radius 1 is 1.26 bits per heavy atom. The Morgan fingerprint density at radius 2 is 2.11 bits per heavy atom. The van der Waals surface area contributed by atoms with Gasteiger partial charge in [0.2, 0.25) is 5.91 Å². The molecule has 1 N–H and O–H groups in total. The lowest BCUT2D eigenvalue weighted by Gasteiger charge is -2.39. The minimum absolute atomic E-state index is 0.259. The van der Waals surface area contributed by atoms with E-state index in [1.54, 1.807) is 0 Å². The van der Waals surface area contributed by atoms with E-state index in [9.17, 15) is 9.59 Å². The van der Waals surface area contributed by atoms with Crippen molar-refractivity contribution >= 4 is 28.7 Å². The summed E-state index contributed by atoms with van der Waals surface area (Å²) in [6.45, 7) is 6.59. The molecule has 144 valence electrons. The summed E-state index contributed by atoms with van der Waals surface area (Å²) >= 11 is 0. The van der Waals surface area contributed by atoms with Crippen LogP contribution in [-0.4, -0.2) is 66.2 Å². The van der Waals surface area contributed by atoms with Crippen LogP contribution < -0.4 is 10.2 Å². The molecule has 8 nitrogen and oxygen atoms in total. The van der Waals surface area contributed by atoms with Crippen molar-refractivity contribution in [3.63, 3.8) is 0 Å². The molecule has 8 heteroatoms. The van der Waals surface area contributed by atoms with Crippen LogP contribution >= 0.6 is 0 Å². The normalized spacial score (nSPS) is 22.4. The van der Waals surface area contributed by atoms with E-state index in [1.807, 2.05) is 6.07 Å². The molecule has 0 aliphatic carbocycles. The molecule has 0 saturated carbocycles. The molecule has 0 radical (unpaired) electrons. The summed E-state index contributed by atoms with van der Waals surface area (Å²) < 4.78 is 5.40. The van der Waals surface area contributed by atoms with Crippen molar-refractivity contribution in [2.45, 2.75) is 32.4 Å². The highest BCUT2D eigenvalue weighted by molar-refractivity contribution is 6.08. The van der Waals surface area contributed by atoms with E-state index >= 15 is 0 Å². The SMILES string of the molecule is CC[C@@H]1CN(C)CCN1Cc1ccc2onc(N3CCC(=O)NC3=O)c2c1. The van der Waals surface area contributed by atoms with Crippen molar-refractivity contribution in [1.29, 1.82) is 0 Å². The molecule has 4 rings (SSSR count). The molecule has 0 unspecified atom stereocenters. The summed E-state index contributed by atoms with van der Waals surface area (Å²) in [6.07, 6.45) is 1.38. The molecule has 1 atom stereocenters. The number of imide groups is 1. The third-order valence-corrected chi connectivity index (χ3v) is 5.49. The van der Waals surface area contributed by atoms with Gasteiger partial charge in [-0.25, -0.2) is 4.79 Å². The van der Waals surface area contributed by atoms with Crippen LogP contribution in [0.3, 0.4) is 0 Å². The monoisotopic (exact) mass is 371 g/mol. The molecule has 0 spiro atoms. The number of nitrogens with zero attached hydrogens (tertiary/aromatic N) is 4. The minimum atomic E-state index is -0.447. The molecule has 2 saturated heterocycles. The predicted molar refractivity (Wildman–Crippen MR) is 101 cm³/mol. The van der Waals surface area contributed by atoms with E-state index < -0.39 is 6.03 Å². The lowest BCUT2D eigenvalue weighted by atomic mass is 10.1. The Balaban J connectivity index is 1.58. The number of hydrogen-bond acceptors (Lipinski definition) is 6. The molecule has 2 aliphatic rings. The molecule has 27 heavy (non-hydrogen) atoms. The molecule has 2 fully saturated rings. The molecule has 1 aromatic heterocycles. The summed E-state index contributed by atoms with van der Waals surface area (Å²) in [5.74, 6) is 0.215. The number of carbonyl (C=O) groups excluding carboxylic acids is 2. The van der Waals surface area contributed by atoms with Crippen LogP contribution in [-0.2, 0) is 11.3 Å². The predicted octanol–water partition coefficient (Wildman–Crippen LogP) is 1.80. The van der Waals surface area contributed by atoms with Gasteiger partial charge in [-0.2, -0.15) is 0 Å². The highest BCUT2D eigenvalue weighted by Gasteiger charge is 2.29. The van der Waals surface area contributed by atoms with E-state index in [1.165, 1.54) is 10.5 Å². The van der Waals surface area contributed by atoms with E-state index in [0.717, 1.165) is 38.0 Å². The number of benzene rings is 1.